The standard InChI is InChI=1S/C19H16O6/c1-2-5-22-12-7-14(20)18-17(8-12)23-9-13(19(18)21)11-3-4-15-16(6-11)25-10-24-15/h3-4,6-9,20H,2,5,10H2,1H3. The van der Waals surface area contributed by atoms with Gasteiger partial charge in [0.05, 0.1) is 12.2 Å². The Labute approximate surface area is 143 Å². The zero-order chi connectivity index (χ0) is 17.4. The zero-order valence-corrected chi connectivity index (χ0v) is 13.6. The van der Waals surface area contributed by atoms with Crippen LogP contribution in [0, 0.1) is 0 Å². The summed E-state index contributed by atoms with van der Waals surface area (Å²) in [5, 5.41) is 10.4. The van der Waals surface area contributed by atoms with Crippen LogP contribution in [0.4, 0.5) is 0 Å². The highest BCUT2D eigenvalue weighted by atomic mass is 16.7. The van der Waals surface area contributed by atoms with Gasteiger partial charge in [-0.1, -0.05) is 13.0 Å². The number of hydrogen-bond acceptors (Lipinski definition) is 6. The highest BCUT2D eigenvalue weighted by molar-refractivity contribution is 5.88. The molecular formula is C19H16O6. The van der Waals surface area contributed by atoms with Gasteiger partial charge in [-0.2, -0.15) is 0 Å². The van der Waals surface area contributed by atoms with Crippen molar-refractivity contribution in [2.75, 3.05) is 13.4 Å². The third-order valence-electron chi connectivity index (χ3n) is 3.99. The Morgan fingerprint density at radius 3 is 2.84 bits per heavy atom. The third kappa shape index (κ3) is 2.65. The first kappa shape index (κ1) is 15.4. The van der Waals surface area contributed by atoms with Crippen molar-refractivity contribution in [2.45, 2.75) is 13.3 Å². The molecular weight excluding hydrogens is 324 g/mol. The molecule has 1 N–H and O–H groups in total. The quantitative estimate of drug-likeness (QED) is 0.780. The van der Waals surface area contributed by atoms with Crippen molar-refractivity contribution in [1.29, 1.82) is 0 Å². The van der Waals surface area contributed by atoms with Crippen LogP contribution in [-0.4, -0.2) is 18.5 Å². The first-order valence-electron chi connectivity index (χ1n) is 7.98. The number of ether oxygens (including phenoxy) is 3. The van der Waals surface area contributed by atoms with E-state index in [1.54, 1.807) is 24.3 Å². The Hall–Kier alpha value is -3.15. The van der Waals surface area contributed by atoms with Crippen LogP contribution >= 0.6 is 0 Å². The molecule has 128 valence electrons. The van der Waals surface area contributed by atoms with Crippen LogP contribution in [0.2, 0.25) is 0 Å². The molecule has 6 nitrogen and oxygen atoms in total. The maximum atomic E-state index is 12.8. The Morgan fingerprint density at radius 1 is 1.16 bits per heavy atom. The molecule has 2 aromatic carbocycles. The second-order valence-corrected chi connectivity index (χ2v) is 5.71. The average Bonchev–Trinajstić information content (AvgIpc) is 3.07. The Bertz CT molecular complexity index is 1000. The normalized spacial score (nSPS) is 12.5. The number of fused-ring (bicyclic) bond motifs is 2. The summed E-state index contributed by atoms with van der Waals surface area (Å²) in [7, 11) is 0. The van der Waals surface area contributed by atoms with Crippen LogP contribution in [0.1, 0.15) is 13.3 Å². The highest BCUT2D eigenvalue weighted by Gasteiger charge is 2.18. The molecule has 0 atom stereocenters. The zero-order valence-electron chi connectivity index (χ0n) is 13.6. The Morgan fingerprint density at radius 2 is 2.00 bits per heavy atom. The molecule has 0 fully saturated rings. The SMILES string of the molecule is CCCOc1cc(O)c2c(=O)c(-c3ccc4c(c3)OCO4)coc2c1. The van der Waals surface area contributed by atoms with Crippen LogP contribution in [0.3, 0.4) is 0 Å². The molecule has 1 aliphatic rings. The average molecular weight is 340 g/mol. The summed E-state index contributed by atoms with van der Waals surface area (Å²) in [6.07, 6.45) is 2.22. The van der Waals surface area contributed by atoms with Gasteiger partial charge in [0.1, 0.15) is 28.7 Å². The van der Waals surface area contributed by atoms with E-state index in [0.29, 0.717) is 35.0 Å². The van der Waals surface area contributed by atoms with E-state index < -0.39 is 0 Å². The van der Waals surface area contributed by atoms with Crippen molar-refractivity contribution in [1.82, 2.24) is 0 Å². The summed E-state index contributed by atoms with van der Waals surface area (Å²) in [6.45, 7) is 2.66. The molecule has 2 heterocycles. The van der Waals surface area contributed by atoms with E-state index in [-0.39, 0.29) is 28.9 Å². The molecule has 1 aliphatic heterocycles. The van der Waals surface area contributed by atoms with E-state index in [0.717, 1.165) is 6.42 Å². The smallest absolute Gasteiger partial charge is 0.231 e. The minimum absolute atomic E-state index is 0.124. The number of aromatic hydroxyl groups is 1. The monoisotopic (exact) mass is 340 g/mol. The van der Waals surface area contributed by atoms with Crippen LogP contribution in [-0.2, 0) is 0 Å². The number of phenolic OH excluding ortho intramolecular Hbond substituents is 1. The predicted molar refractivity (Wildman–Crippen MR) is 91.5 cm³/mol. The second-order valence-electron chi connectivity index (χ2n) is 5.71. The maximum absolute atomic E-state index is 12.8. The molecule has 0 bridgehead atoms. The minimum atomic E-state index is -0.320. The van der Waals surface area contributed by atoms with E-state index in [2.05, 4.69) is 0 Å². The molecule has 0 unspecified atom stereocenters. The molecule has 1 aromatic heterocycles. The number of hydrogen-bond donors (Lipinski definition) is 1. The highest BCUT2D eigenvalue weighted by Crippen LogP contribution is 2.36. The minimum Gasteiger partial charge on any atom is -0.507 e. The molecule has 0 radical (unpaired) electrons. The summed E-state index contributed by atoms with van der Waals surface area (Å²) in [5.74, 6) is 1.50. The fourth-order valence-corrected chi connectivity index (χ4v) is 2.77. The largest absolute Gasteiger partial charge is 0.507 e. The number of benzene rings is 2. The van der Waals surface area contributed by atoms with E-state index >= 15 is 0 Å². The fourth-order valence-electron chi connectivity index (χ4n) is 2.77. The third-order valence-corrected chi connectivity index (χ3v) is 3.99. The van der Waals surface area contributed by atoms with Gasteiger partial charge in [0, 0.05) is 12.1 Å². The van der Waals surface area contributed by atoms with E-state index in [1.807, 2.05) is 6.92 Å². The van der Waals surface area contributed by atoms with Gasteiger partial charge in [-0.15, -0.1) is 0 Å². The lowest BCUT2D eigenvalue weighted by Gasteiger charge is -2.08. The molecule has 25 heavy (non-hydrogen) atoms. The van der Waals surface area contributed by atoms with Crippen molar-refractivity contribution in [3.05, 3.63) is 46.8 Å². The molecule has 0 saturated heterocycles. The van der Waals surface area contributed by atoms with Crippen molar-refractivity contribution in [3.63, 3.8) is 0 Å². The molecule has 0 saturated carbocycles. The Kier molecular flexibility index (Phi) is 3.72. The topological polar surface area (TPSA) is 78.1 Å². The van der Waals surface area contributed by atoms with Crippen molar-refractivity contribution in [3.8, 4) is 34.1 Å². The van der Waals surface area contributed by atoms with Crippen LogP contribution in [0.5, 0.6) is 23.0 Å². The summed E-state index contributed by atoms with van der Waals surface area (Å²) in [4.78, 5) is 12.8. The van der Waals surface area contributed by atoms with Gasteiger partial charge in [0.25, 0.3) is 0 Å². The lowest BCUT2D eigenvalue weighted by atomic mass is 10.0. The van der Waals surface area contributed by atoms with E-state index in [1.165, 1.54) is 12.3 Å². The number of rotatable bonds is 4. The van der Waals surface area contributed by atoms with Gasteiger partial charge in [-0.25, -0.2) is 0 Å². The molecule has 0 aliphatic carbocycles. The van der Waals surface area contributed by atoms with Crippen molar-refractivity contribution >= 4 is 11.0 Å². The molecule has 4 rings (SSSR count). The Balaban J connectivity index is 1.83. The van der Waals surface area contributed by atoms with Gasteiger partial charge in [0.15, 0.2) is 11.5 Å². The molecule has 0 spiro atoms. The first-order valence-corrected chi connectivity index (χ1v) is 7.98. The summed E-state index contributed by atoms with van der Waals surface area (Å²) in [6, 6.07) is 8.24. The van der Waals surface area contributed by atoms with Gasteiger partial charge in [-0.3, -0.25) is 4.79 Å². The van der Waals surface area contributed by atoms with Crippen molar-refractivity contribution in [2.24, 2.45) is 0 Å². The van der Waals surface area contributed by atoms with Crippen LogP contribution < -0.4 is 19.6 Å². The number of phenols is 1. The van der Waals surface area contributed by atoms with Gasteiger partial charge in [-0.05, 0) is 24.1 Å². The van der Waals surface area contributed by atoms with E-state index in [9.17, 15) is 9.90 Å². The molecule has 0 amide bonds. The fraction of sp³-hybridized carbons (Fsp3) is 0.211. The van der Waals surface area contributed by atoms with Gasteiger partial charge >= 0.3 is 0 Å². The predicted octanol–water partition coefficient (Wildman–Crippen LogP) is 3.68. The van der Waals surface area contributed by atoms with Crippen LogP contribution in [0.15, 0.2) is 45.8 Å². The molecule has 6 heteroatoms. The summed E-state index contributed by atoms with van der Waals surface area (Å²) < 4.78 is 21.7. The van der Waals surface area contributed by atoms with Crippen LogP contribution in [0.25, 0.3) is 22.1 Å². The molecule has 3 aromatic rings. The van der Waals surface area contributed by atoms with Gasteiger partial charge in [0.2, 0.25) is 12.2 Å². The van der Waals surface area contributed by atoms with Gasteiger partial charge < -0.3 is 23.7 Å². The lowest BCUT2D eigenvalue weighted by Crippen LogP contribution is -2.05. The van der Waals surface area contributed by atoms with Crippen molar-refractivity contribution < 1.29 is 23.7 Å². The maximum Gasteiger partial charge on any atom is 0.231 e. The van der Waals surface area contributed by atoms with E-state index in [4.69, 9.17) is 18.6 Å². The first-order chi connectivity index (χ1) is 12.2. The second kappa shape index (κ2) is 6.05. The summed E-state index contributed by atoms with van der Waals surface area (Å²) in [5.41, 5.74) is 0.925. The summed E-state index contributed by atoms with van der Waals surface area (Å²) >= 11 is 0. The lowest BCUT2D eigenvalue weighted by molar-refractivity contribution is 0.174.